The van der Waals surface area contributed by atoms with Gasteiger partial charge in [-0.1, -0.05) is 5.16 Å². The van der Waals surface area contributed by atoms with E-state index in [0.29, 0.717) is 36.1 Å². The number of hydrogen-bond acceptors (Lipinski definition) is 10. The van der Waals surface area contributed by atoms with Crippen LogP contribution in [-0.4, -0.2) is 39.2 Å². The lowest BCUT2D eigenvalue weighted by Gasteiger charge is -2.31. The van der Waals surface area contributed by atoms with Gasteiger partial charge in [-0.2, -0.15) is 9.38 Å². The van der Waals surface area contributed by atoms with Gasteiger partial charge in [-0.05, 0) is 23.7 Å². The quantitative estimate of drug-likeness (QED) is 0.705. The molecule has 25 heavy (non-hydrogen) atoms. The summed E-state index contributed by atoms with van der Waals surface area (Å²) in [5.74, 6) is 1.11. The molecule has 3 aromatic rings. The smallest absolute Gasteiger partial charge is 0.218 e. The number of furan rings is 1. The highest BCUT2D eigenvalue weighted by molar-refractivity contribution is 7.03. The Balaban J connectivity index is 1.68. The maximum Gasteiger partial charge on any atom is 0.218 e. The SMILES string of the molecule is C1=NCCN1N1OC(c2ccon2)=C(c2ccsn2)N1c1ccco1. The lowest BCUT2D eigenvalue weighted by molar-refractivity contribution is -0.191. The highest BCUT2D eigenvalue weighted by Crippen LogP contribution is 2.41. The van der Waals surface area contributed by atoms with E-state index in [4.69, 9.17) is 13.8 Å². The molecule has 0 saturated carbocycles. The lowest BCUT2D eigenvalue weighted by atomic mass is 10.2. The normalized spacial score (nSPS) is 17.8. The average Bonchev–Trinajstić information content (AvgIpc) is 3.48. The Labute approximate surface area is 146 Å². The maximum atomic E-state index is 6.12. The van der Waals surface area contributed by atoms with Gasteiger partial charge in [0.2, 0.25) is 11.6 Å². The first-order valence-electron chi connectivity index (χ1n) is 7.56. The van der Waals surface area contributed by atoms with Crippen LogP contribution >= 0.6 is 11.5 Å². The molecule has 0 N–H and O–H groups in total. The fourth-order valence-corrected chi connectivity index (χ4v) is 3.17. The molecular weight excluding hydrogens is 344 g/mol. The first-order valence-corrected chi connectivity index (χ1v) is 8.39. The van der Waals surface area contributed by atoms with Gasteiger partial charge in [-0.25, -0.2) is 5.01 Å². The number of rotatable bonds is 4. The van der Waals surface area contributed by atoms with Crippen LogP contribution in [0.4, 0.5) is 5.88 Å². The fraction of sp³-hybridized carbons (Fsp3) is 0.133. The van der Waals surface area contributed by atoms with E-state index in [0.717, 1.165) is 5.69 Å². The molecular formula is C15H12N6O3S. The molecule has 126 valence electrons. The van der Waals surface area contributed by atoms with Gasteiger partial charge < -0.3 is 13.8 Å². The predicted molar refractivity (Wildman–Crippen MR) is 89.6 cm³/mol. The van der Waals surface area contributed by atoms with Gasteiger partial charge in [0.15, 0.2) is 5.69 Å². The summed E-state index contributed by atoms with van der Waals surface area (Å²) in [4.78, 5) is 10.4. The van der Waals surface area contributed by atoms with Crippen molar-refractivity contribution in [1.29, 1.82) is 0 Å². The van der Waals surface area contributed by atoms with Crippen molar-refractivity contribution in [2.45, 2.75) is 0 Å². The van der Waals surface area contributed by atoms with Crippen LogP contribution in [0.1, 0.15) is 11.4 Å². The number of hydrogen-bond donors (Lipinski definition) is 0. The third-order valence-electron chi connectivity index (χ3n) is 3.73. The first-order chi connectivity index (χ1) is 12.4. The molecule has 0 atom stereocenters. The summed E-state index contributed by atoms with van der Waals surface area (Å²) in [6.45, 7) is 1.38. The Bertz CT molecular complexity index is 903. The fourth-order valence-electron chi connectivity index (χ4n) is 2.66. The maximum absolute atomic E-state index is 6.12. The van der Waals surface area contributed by atoms with Crippen LogP contribution in [0.3, 0.4) is 0 Å². The van der Waals surface area contributed by atoms with Crippen LogP contribution in [0.5, 0.6) is 0 Å². The number of aliphatic imine (C=N–C) groups is 1. The first kappa shape index (κ1) is 14.3. The van der Waals surface area contributed by atoms with Gasteiger partial charge in [0.05, 0.1) is 24.6 Å². The van der Waals surface area contributed by atoms with Crippen molar-refractivity contribution >= 4 is 35.2 Å². The molecule has 0 radical (unpaired) electrons. The highest BCUT2D eigenvalue weighted by atomic mass is 32.1. The Kier molecular flexibility index (Phi) is 3.28. The van der Waals surface area contributed by atoms with Gasteiger partial charge >= 0.3 is 0 Å². The van der Waals surface area contributed by atoms with Crippen molar-refractivity contribution in [3.8, 4) is 0 Å². The number of hydrazine groups is 2. The third kappa shape index (κ3) is 2.30. The lowest BCUT2D eigenvalue weighted by Crippen LogP contribution is -2.47. The highest BCUT2D eigenvalue weighted by Gasteiger charge is 2.42. The van der Waals surface area contributed by atoms with Gasteiger partial charge in [0.1, 0.15) is 24.0 Å². The Morgan fingerprint density at radius 2 is 2.12 bits per heavy atom. The molecule has 0 aliphatic carbocycles. The van der Waals surface area contributed by atoms with Gasteiger partial charge in [0.25, 0.3) is 0 Å². The minimum Gasteiger partial charge on any atom is -0.447 e. The minimum absolute atomic E-state index is 0.524. The molecule has 5 heterocycles. The van der Waals surface area contributed by atoms with Crippen molar-refractivity contribution < 1.29 is 13.8 Å². The van der Waals surface area contributed by atoms with Crippen molar-refractivity contribution in [3.05, 3.63) is 53.6 Å². The zero-order valence-corrected chi connectivity index (χ0v) is 13.7. The number of aromatic nitrogens is 2. The van der Waals surface area contributed by atoms with Crippen LogP contribution in [0.2, 0.25) is 0 Å². The van der Waals surface area contributed by atoms with Crippen LogP contribution < -0.4 is 5.01 Å². The van der Waals surface area contributed by atoms with Gasteiger partial charge in [-0.15, -0.1) is 0 Å². The predicted octanol–water partition coefficient (Wildman–Crippen LogP) is 2.48. The monoisotopic (exact) mass is 356 g/mol. The van der Waals surface area contributed by atoms with E-state index in [2.05, 4.69) is 14.5 Å². The van der Waals surface area contributed by atoms with Crippen molar-refractivity contribution in [3.63, 3.8) is 0 Å². The summed E-state index contributed by atoms with van der Waals surface area (Å²) < 4.78 is 15.1. The number of anilines is 1. The van der Waals surface area contributed by atoms with E-state index in [9.17, 15) is 0 Å². The van der Waals surface area contributed by atoms with Crippen molar-refractivity contribution in [2.75, 3.05) is 18.1 Å². The van der Waals surface area contributed by atoms with Crippen molar-refractivity contribution in [1.82, 2.24) is 19.8 Å². The zero-order valence-electron chi connectivity index (χ0n) is 12.8. The Morgan fingerprint density at radius 3 is 2.80 bits per heavy atom. The summed E-state index contributed by atoms with van der Waals surface area (Å²) >= 11 is 1.36. The van der Waals surface area contributed by atoms with E-state index < -0.39 is 0 Å². The summed E-state index contributed by atoms with van der Waals surface area (Å²) in [5.41, 5.74) is 2.03. The molecule has 0 fully saturated rings. The largest absolute Gasteiger partial charge is 0.447 e. The molecule has 2 aliphatic rings. The summed E-state index contributed by atoms with van der Waals surface area (Å²) in [7, 11) is 0. The molecule has 3 aromatic heterocycles. The van der Waals surface area contributed by atoms with E-state index in [-0.39, 0.29) is 0 Å². The molecule has 10 heteroatoms. The molecule has 9 nitrogen and oxygen atoms in total. The summed E-state index contributed by atoms with van der Waals surface area (Å²) in [6, 6.07) is 7.32. The van der Waals surface area contributed by atoms with Crippen LogP contribution in [0.15, 0.2) is 56.1 Å². The standard InChI is InChI=1S/C15H12N6O3S/c1-2-13(22-7-1)20-14(11-4-9-25-18-11)15(12-3-8-23-17-12)24-21(20)19-6-5-16-10-19/h1-4,7-10H,5-6H2. The summed E-state index contributed by atoms with van der Waals surface area (Å²) in [5, 5.41) is 11.2. The Hall–Kier alpha value is -3.11. The molecule has 0 bridgehead atoms. The number of nitrogens with zero attached hydrogens (tertiary/aromatic N) is 6. The molecule has 0 aromatic carbocycles. The molecule has 2 aliphatic heterocycles. The van der Waals surface area contributed by atoms with Gasteiger partial charge in [-0.3, -0.25) is 4.99 Å². The van der Waals surface area contributed by atoms with Crippen LogP contribution in [0.25, 0.3) is 11.5 Å². The second-order valence-electron chi connectivity index (χ2n) is 5.24. The van der Waals surface area contributed by atoms with Crippen LogP contribution in [0, 0.1) is 0 Å². The van der Waals surface area contributed by atoms with Crippen LogP contribution in [-0.2, 0) is 4.84 Å². The second kappa shape index (κ2) is 5.76. The van der Waals surface area contributed by atoms with E-state index in [1.807, 2.05) is 28.6 Å². The topological polar surface area (TPSA) is 83.4 Å². The van der Waals surface area contributed by atoms with Crippen molar-refractivity contribution in [2.24, 2.45) is 4.99 Å². The minimum atomic E-state index is 0.524. The average molecular weight is 356 g/mol. The molecule has 0 amide bonds. The molecule has 0 saturated heterocycles. The molecule has 0 spiro atoms. The Morgan fingerprint density at radius 1 is 1.12 bits per heavy atom. The zero-order chi connectivity index (χ0) is 16.6. The third-order valence-corrected chi connectivity index (χ3v) is 4.29. The molecule has 0 unspecified atom stereocenters. The van der Waals surface area contributed by atoms with E-state index >= 15 is 0 Å². The van der Waals surface area contributed by atoms with E-state index in [1.54, 1.807) is 29.0 Å². The van der Waals surface area contributed by atoms with E-state index in [1.165, 1.54) is 17.8 Å². The second-order valence-corrected chi connectivity index (χ2v) is 5.90. The molecule has 5 rings (SSSR count). The summed E-state index contributed by atoms with van der Waals surface area (Å²) in [6.07, 6.45) is 4.83. The van der Waals surface area contributed by atoms with Gasteiger partial charge in [0, 0.05) is 17.5 Å².